The molecule has 0 atom stereocenters. The fourth-order valence-electron chi connectivity index (χ4n) is 1.97. The fourth-order valence-corrected chi connectivity index (χ4v) is 1.97. The Hall–Kier alpha value is -1.28. The third-order valence-electron chi connectivity index (χ3n) is 3.06. The van der Waals surface area contributed by atoms with Crippen molar-refractivity contribution >= 4 is 10.9 Å². The second-order valence-corrected chi connectivity index (χ2v) is 4.77. The molecule has 0 saturated carbocycles. The van der Waals surface area contributed by atoms with Gasteiger partial charge in [0.2, 0.25) is 0 Å². The van der Waals surface area contributed by atoms with E-state index in [1.54, 1.807) is 0 Å². The highest BCUT2D eigenvalue weighted by molar-refractivity contribution is 5.81. The van der Waals surface area contributed by atoms with Crippen molar-refractivity contribution in [3.05, 3.63) is 35.5 Å². The van der Waals surface area contributed by atoms with Crippen LogP contribution in [0.4, 0.5) is 0 Å². The Morgan fingerprint density at radius 3 is 2.69 bits per heavy atom. The maximum absolute atomic E-state index is 3.44. The minimum absolute atomic E-state index is 0.535. The zero-order chi connectivity index (χ0) is 11.7. The number of nitrogens with one attached hydrogen (secondary N) is 1. The smallest absolute Gasteiger partial charge is 0.0479 e. The quantitative estimate of drug-likeness (QED) is 0.834. The van der Waals surface area contributed by atoms with E-state index < -0.39 is 0 Å². The topological polar surface area (TPSA) is 17.0 Å². The summed E-state index contributed by atoms with van der Waals surface area (Å²) in [6, 6.07) is 9.47. The molecule has 2 heteroatoms. The summed E-state index contributed by atoms with van der Waals surface area (Å²) < 4.78 is 2.23. The lowest BCUT2D eigenvalue weighted by Crippen LogP contribution is -2.21. The second-order valence-electron chi connectivity index (χ2n) is 4.77. The van der Waals surface area contributed by atoms with Gasteiger partial charge in [-0.1, -0.05) is 19.9 Å². The van der Waals surface area contributed by atoms with Gasteiger partial charge in [0.15, 0.2) is 0 Å². The number of hydrogen-bond donors (Lipinski definition) is 1. The molecule has 1 N–H and O–H groups in total. The average molecular weight is 216 g/mol. The van der Waals surface area contributed by atoms with Crippen molar-refractivity contribution in [2.24, 2.45) is 7.05 Å². The molecule has 0 spiro atoms. The molecule has 2 nitrogen and oxygen atoms in total. The van der Waals surface area contributed by atoms with Gasteiger partial charge in [-0.2, -0.15) is 0 Å². The van der Waals surface area contributed by atoms with E-state index in [2.05, 4.69) is 62.0 Å². The summed E-state index contributed by atoms with van der Waals surface area (Å²) in [5.41, 5.74) is 3.97. The third-order valence-corrected chi connectivity index (χ3v) is 3.06. The van der Waals surface area contributed by atoms with Crippen LogP contribution in [0.3, 0.4) is 0 Å². The molecule has 0 aliphatic carbocycles. The standard InChI is InChI=1S/C14H20N2/c1-10(2)15-9-12-5-6-14-13(8-12)7-11(3)16(14)4/h5-8,10,15H,9H2,1-4H3. The molecule has 0 fully saturated rings. The van der Waals surface area contributed by atoms with Crippen molar-refractivity contribution in [3.8, 4) is 0 Å². The molecule has 0 unspecified atom stereocenters. The zero-order valence-electron chi connectivity index (χ0n) is 10.5. The van der Waals surface area contributed by atoms with Gasteiger partial charge in [-0.05, 0) is 30.7 Å². The Kier molecular flexibility index (Phi) is 3.01. The lowest BCUT2D eigenvalue weighted by atomic mass is 10.1. The van der Waals surface area contributed by atoms with Gasteiger partial charge in [-0.15, -0.1) is 0 Å². The first-order valence-electron chi connectivity index (χ1n) is 5.86. The van der Waals surface area contributed by atoms with E-state index in [0.717, 1.165) is 6.54 Å². The van der Waals surface area contributed by atoms with Crippen molar-refractivity contribution in [1.29, 1.82) is 0 Å². The number of fused-ring (bicyclic) bond motifs is 1. The van der Waals surface area contributed by atoms with E-state index in [4.69, 9.17) is 0 Å². The molecule has 2 aromatic rings. The molecule has 1 aromatic carbocycles. The van der Waals surface area contributed by atoms with Crippen molar-refractivity contribution < 1.29 is 0 Å². The van der Waals surface area contributed by atoms with Crippen LogP contribution in [0.25, 0.3) is 10.9 Å². The first-order chi connectivity index (χ1) is 7.58. The van der Waals surface area contributed by atoms with Crippen molar-refractivity contribution in [1.82, 2.24) is 9.88 Å². The summed E-state index contributed by atoms with van der Waals surface area (Å²) >= 11 is 0. The van der Waals surface area contributed by atoms with Crippen LogP contribution in [0.2, 0.25) is 0 Å². The van der Waals surface area contributed by atoms with E-state index in [9.17, 15) is 0 Å². The first kappa shape index (κ1) is 11.2. The van der Waals surface area contributed by atoms with Crippen molar-refractivity contribution in [2.75, 3.05) is 0 Å². The summed E-state index contributed by atoms with van der Waals surface area (Å²) in [6.07, 6.45) is 0. The van der Waals surface area contributed by atoms with E-state index in [1.807, 2.05) is 0 Å². The molecule has 0 aliphatic heterocycles. The highest BCUT2D eigenvalue weighted by Gasteiger charge is 2.03. The number of rotatable bonds is 3. The average Bonchev–Trinajstić information content (AvgIpc) is 2.52. The van der Waals surface area contributed by atoms with Crippen molar-refractivity contribution in [3.63, 3.8) is 0 Å². The highest BCUT2D eigenvalue weighted by atomic mass is 14.9. The monoisotopic (exact) mass is 216 g/mol. The van der Waals surface area contributed by atoms with Gasteiger partial charge in [-0.3, -0.25) is 0 Å². The van der Waals surface area contributed by atoms with Crippen LogP contribution in [-0.4, -0.2) is 10.6 Å². The molecular formula is C14H20N2. The Morgan fingerprint density at radius 1 is 1.25 bits per heavy atom. The fraction of sp³-hybridized carbons (Fsp3) is 0.429. The number of aromatic nitrogens is 1. The third kappa shape index (κ3) is 2.12. The Balaban J connectivity index is 2.30. The Labute approximate surface area is 97.3 Å². The van der Waals surface area contributed by atoms with Crippen molar-refractivity contribution in [2.45, 2.75) is 33.4 Å². The lowest BCUT2D eigenvalue weighted by molar-refractivity contribution is 0.589. The summed E-state index contributed by atoms with van der Waals surface area (Å²) in [7, 11) is 2.11. The molecule has 0 saturated heterocycles. The highest BCUT2D eigenvalue weighted by Crippen LogP contribution is 2.19. The summed E-state index contributed by atoms with van der Waals surface area (Å²) in [6.45, 7) is 7.43. The SMILES string of the molecule is Cc1cc2cc(CNC(C)C)ccc2n1C. The van der Waals surface area contributed by atoms with Crippen LogP contribution in [-0.2, 0) is 13.6 Å². The molecule has 0 bridgehead atoms. The molecular weight excluding hydrogens is 196 g/mol. The molecule has 1 aromatic heterocycles. The Morgan fingerprint density at radius 2 is 2.00 bits per heavy atom. The minimum atomic E-state index is 0.535. The van der Waals surface area contributed by atoms with E-state index in [0.29, 0.717) is 6.04 Å². The van der Waals surface area contributed by atoms with Gasteiger partial charge in [0.1, 0.15) is 0 Å². The molecule has 1 heterocycles. The molecule has 86 valence electrons. The van der Waals surface area contributed by atoms with Gasteiger partial charge < -0.3 is 9.88 Å². The normalized spacial score (nSPS) is 11.6. The Bertz CT molecular complexity index is 495. The van der Waals surface area contributed by atoms with Gasteiger partial charge in [0.25, 0.3) is 0 Å². The van der Waals surface area contributed by atoms with Gasteiger partial charge in [-0.25, -0.2) is 0 Å². The van der Waals surface area contributed by atoms with E-state index >= 15 is 0 Å². The molecule has 2 rings (SSSR count). The van der Waals surface area contributed by atoms with Crippen LogP contribution in [0.5, 0.6) is 0 Å². The number of aryl methyl sites for hydroxylation is 2. The summed E-state index contributed by atoms with van der Waals surface area (Å²) in [4.78, 5) is 0. The maximum Gasteiger partial charge on any atom is 0.0479 e. The molecule has 0 radical (unpaired) electrons. The lowest BCUT2D eigenvalue weighted by Gasteiger charge is -2.08. The zero-order valence-corrected chi connectivity index (χ0v) is 10.5. The van der Waals surface area contributed by atoms with Crippen LogP contribution in [0.1, 0.15) is 25.1 Å². The van der Waals surface area contributed by atoms with E-state index in [-0.39, 0.29) is 0 Å². The summed E-state index contributed by atoms with van der Waals surface area (Å²) in [5, 5.41) is 4.78. The van der Waals surface area contributed by atoms with Crippen LogP contribution in [0, 0.1) is 6.92 Å². The first-order valence-corrected chi connectivity index (χ1v) is 5.86. The van der Waals surface area contributed by atoms with Gasteiger partial charge >= 0.3 is 0 Å². The van der Waals surface area contributed by atoms with Crippen LogP contribution in [0.15, 0.2) is 24.3 Å². The predicted octanol–water partition coefficient (Wildman–Crippen LogP) is 2.98. The number of nitrogens with zero attached hydrogens (tertiary/aromatic N) is 1. The predicted molar refractivity (Wildman–Crippen MR) is 69.6 cm³/mol. The minimum Gasteiger partial charge on any atom is -0.348 e. The van der Waals surface area contributed by atoms with Gasteiger partial charge in [0, 0.05) is 36.2 Å². The number of hydrogen-bond acceptors (Lipinski definition) is 1. The van der Waals surface area contributed by atoms with Crippen LogP contribution < -0.4 is 5.32 Å². The maximum atomic E-state index is 3.44. The number of benzene rings is 1. The molecule has 16 heavy (non-hydrogen) atoms. The summed E-state index contributed by atoms with van der Waals surface area (Å²) in [5.74, 6) is 0. The molecule has 0 amide bonds. The molecule has 0 aliphatic rings. The van der Waals surface area contributed by atoms with E-state index in [1.165, 1.54) is 22.2 Å². The largest absolute Gasteiger partial charge is 0.348 e. The van der Waals surface area contributed by atoms with Crippen LogP contribution >= 0.6 is 0 Å². The second kappa shape index (κ2) is 4.30. The van der Waals surface area contributed by atoms with Gasteiger partial charge in [0.05, 0.1) is 0 Å².